The number of methoxy groups -OCH3 is 1. The van der Waals surface area contributed by atoms with Crippen LogP contribution in [0.15, 0.2) is 79.3 Å². The lowest BCUT2D eigenvalue weighted by Crippen LogP contribution is -2.33. The molecule has 1 aliphatic carbocycles. The number of allylic oxidation sites excluding steroid dienone is 2. The molecule has 1 unspecified atom stereocenters. The number of hydrogen-bond donors (Lipinski definition) is 2. The number of nitrogens with one attached hydrogen (secondary N) is 1. The smallest absolute Gasteiger partial charge is 0.256 e. The number of aromatic nitrogens is 3. The molecule has 2 heterocycles. The summed E-state index contributed by atoms with van der Waals surface area (Å²) in [6.45, 7) is 0.417. The molecule has 8 heteroatoms. The van der Waals surface area contributed by atoms with Gasteiger partial charge in [0, 0.05) is 60.7 Å². The molecule has 0 radical (unpaired) electrons. The number of H-pyrrole nitrogens is 1. The summed E-state index contributed by atoms with van der Waals surface area (Å²) >= 11 is 6.17. The summed E-state index contributed by atoms with van der Waals surface area (Å²) in [4.78, 5) is 15.5. The number of amides is 1. The first-order valence-corrected chi connectivity index (χ1v) is 12.1. The minimum atomic E-state index is -0.154. The van der Waals surface area contributed by atoms with Gasteiger partial charge < -0.3 is 19.3 Å². The number of aliphatic hydroxyl groups is 1. The first kappa shape index (κ1) is 24.1. The number of benzene rings is 2. The number of fused-ring (bicyclic) bond motifs is 1. The van der Waals surface area contributed by atoms with Crippen LogP contribution in [0.4, 0.5) is 0 Å². The Hall–Kier alpha value is -3.65. The molecule has 0 saturated heterocycles. The molecule has 184 valence electrons. The Morgan fingerprint density at radius 2 is 2.17 bits per heavy atom. The molecule has 2 aromatic heterocycles. The lowest BCUT2D eigenvalue weighted by atomic mass is 10.0. The van der Waals surface area contributed by atoms with Crippen LogP contribution in [0.3, 0.4) is 0 Å². The van der Waals surface area contributed by atoms with Crippen LogP contribution in [-0.4, -0.2) is 57.0 Å². The molecule has 1 aliphatic rings. The summed E-state index contributed by atoms with van der Waals surface area (Å²) in [5.74, 6) is -0.154. The highest BCUT2D eigenvalue weighted by molar-refractivity contribution is 6.30. The molecule has 2 aromatic carbocycles. The van der Waals surface area contributed by atoms with E-state index in [-0.39, 0.29) is 25.2 Å². The topological polar surface area (TPSA) is 83.4 Å². The molecule has 4 aromatic rings. The van der Waals surface area contributed by atoms with Gasteiger partial charge >= 0.3 is 0 Å². The van der Waals surface area contributed by atoms with Crippen LogP contribution in [0, 0.1) is 0 Å². The summed E-state index contributed by atoms with van der Waals surface area (Å²) in [6, 6.07) is 13.5. The summed E-state index contributed by atoms with van der Waals surface area (Å²) < 4.78 is 7.64. The Bertz CT molecular complexity index is 1440. The molecule has 1 amide bonds. The Morgan fingerprint density at radius 1 is 1.28 bits per heavy atom. The van der Waals surface area contributed by atoms with Gasteiger partial charge in [0.2, 0.25) is 0 Å². The molecule has 1 atom stereocenters. The van der Waals surface area contributed by atoms with Crippen LogP contribution in [0.1, 0.15) is 22.3 Å². The number of hydrogen-bond acceptors (Lipinski definition) is 4. The summed E-state index contributed by atoms with van der Waals surface area (Å²) in [5, 5.41) is 18.1. The average molecular weight is 503 g/mol. The summed E-state index contributed by atoms with van der Waals surface area (Å²) in [6.07, 6.45) is 12.2. The molecule has 0 bridgehead atoms. The van der Waals surface area contributed by atoms with E-state index < -0.39 is 0 Å². The highest BCUT2D eigenvalue weighted by Crippen LogP contribution is 2.33. The molecule has 0 aliphatic heterocycles. The van der Waals surface area contributed by atoms with E-state index in [1.165, 1.54) is 0 Å². The number of aromatic amines is 1. The normalized spacial score (nSPS) is 15.3. The third kappa shape index (κ3) is 4.86. The molecule has 5 rings (SSSR count). The minimum absolute atomic E-state index is 0.0348. The average Bonchev–Trinajstić information content (AvgIpc) is 3.56. The number of halogens is 1. The highest BCUT2D eigenvalue weighted by atomic mass is 35.5. The van der Waals surface area contributed by atoms with Gasteiger partial charge in [0.1, 0.15) is 0 Å². The van der Waals surface area contributed by atoms with Crippen molar-refractivity contribution in [1.29, 1.82) is 0 Å². The third-order valence-corrected chi connectivity index (χ3v) is 6.66. The van der Waals surface area contributed by atoms with Crippen LogP contribution in [0.2, 0.25) is 5.02 Å². The standard InChI is InChI=1S/C28H27ClN4O3/c1-36-24-7-3-6-23(14-24)33-18-26(25-9-8-20(13-27(25)33)21-15-30-31-16-21)28(35)32(10-11-34)17-19-4-2-5-22(29)12-19/h2-9,12-13,15-16,18,24,34H,10-11,14,17H2,1H3,(H,30,31). The molecule has 0 saturated carbocycles. The van der Waals surface area contributed by atoms with Gasteiger partial charge in [-0.3, -0.25) is 9.89 Å². The van der Waals surface area contributed by atoms with E-state index in [1.54, 1.807) is 24.3 Å². The van der Waals surface area contributed by atoms with Crippen molar-refractivity contribution in [2.75, 3.05) is 20.3 Å². The predicted octanol–water partition coefficient (Wildman–Crippen LogP) is 5.14. The van der Waals surface area contributed by atoms with Crippen molar-refractivity contribution < 1.29 is 14.6 Å². The number of carbonyl (C=O) groups excluding carboxylic acids is 1. The lowest BCUT2D eigenvalue weighted by molar-refractivity contribution is 0.0709. The van der Waals surface area contributed by atoms with E-state index in [0.29, 0.717) is 23.6 Å². The number of carbonyl (C=O) groups is 1. The fourth-order valence-corrected chi connectivity index (χ4v) is 4.81. The van der Waals surface area contributed by atoms with Gasteiger partial charge in [0.25, 0.3) is 5.91 Å². The van der Waals surface area contributed by atoms with Gasteiger partial charge in [-0.15, -0.1) is 0 Å². The lowest BCUT2D eigenvalue weighted by Gasteiger charge is -2.22. The fourth-order valence-electron chi connectivity index (χ4n) is 4.60. The first-order chi connectivity index (χ1) is 17.6. The van der Waals surface area contributed by atoms with Gasteiger partial charge in [-0.05, 0) is 35.4 Å². The van der Waals surface area contributed by atoms with Gasteiger partial charge in [0.05, 0.1) is 30.0 Å². The number of rotatable bonds is 8. The van der Waals surface area contributed by atoms with E-state index in [2.05, 4.69) is 20.8 Å². The largest absolute Gasteiger partial charge is 0.395 e. The maximum atomic E-state index is 13.9. The second-order valence-electron chi connectivity index (χ2n) is 8.73. The Kier molecular flexibility index (Phi) is 7.04. The van der Waals surface area contributed by atoms with E-state index in [9.17, 15) is 9.90 Å². The maximum Gasteiger partial charge on any atom is 0.256 e. The van der Waals surface area contributed by atoms with Gasteiger partial charge in [-0.2, -0.15) is 5.10 Å². The van der Waals surface area contributed by atoms with Crippen molar-refractivity contribution in [2.24, 2.45) is 0 Å². The van der Waals surface area contributed by atoms with Crippen LogP contribution in [-0.2, 0) is 11.3 Å². The van der Waals surface area contributed by atoms with Crippen LogP contribution in [0.5, 0.6) is 0 Å². The second-order valence-corrected chi connectivity index (χ2v) is 9.17. The maximum absolute atomic E-state index is 13.9. The van der Waals surface area contributed by atoms with Crippen molar-refractivity contribution in [2.45, 2.75) is 19.1 Å². The molecule has 2 N–H and O–H groups in total. The van der Waals surface area contributed by atoms with Crippen molar-refractivity contribution >= 4 is 34.1 Å². The quantitative estimate of drug-likeness (QED) is 0.349. The number of ether oxygens (including phenoxy) is 1. The Balaban J connectivity index is 1.59. The SMILES string of the molecule is COC1C=CC=C(n2cc(C(=O)N(CCO)Cc3cccc(Cl)c3)c3ccc(-c4cn[nH]c4)cc32)C1. The molecular weight excluding hydrogens is 476 g/mol. The molecule has 7 nitrogen and oxygen atoms in total. The fraction of sp³-hybridized carbons (Fsp3) is 0.214. The van der Waals surface area contributed by atoms with Gasteiger partial charge in [-0.1, -0.05) is 48.0 Å². The highest BCUT2D eigenvalue weighted by Gasteiger charge is 2.24. The second kappa shape index (κ2) is 10.5. The Labute approximate surface area is 214 Å². The zero-order valence-electron chi connectivity index (χ0n) is 19.9. The van der Waals surface area contributed by atoms with Gasteiger partial charge in [0.15, 0.2) is 0 Å². The van der Waals surface area contributed by atoms with Crippen molar-refractivity contribution in [1.82, 2.24) is 19.7 Å². The zero-order valence-corrected chi connectivity index (χ0v) is 20.7. The molecule has 36 heavy (non-hydrogen) atoms. The first-order valence-electron chi connectivity index (χ1n) is 11.8. The minimum Gasteiger partial charge on any atom is -0.395 e. The molecule has 0 fully saturated rings. The zero-order chi connectivity index (χ0) is 25.1. The van der Waals surface area contributed by atoms with Crippen LogP contribution in [0.25, 0.3) is 27.7 Å². The van der Waals surface area contributed by atoms with E-state index in [4.69, 9.17) is 16.3 Å². The van der Waals surface area contributed by atoms with Crippen LogP contribution >= 0.6 is 11.6 Å². The van der Waals surface area contributed by atoms with E-state index in [1.807, 2.05) is 61.0 Å². The molecular formula is C28H27ClN4O3. The van der Waals surface area contributed by atoms with Crippen molar-refractivity contribution in [3.05, 3.63) is 95.4 Å². The van der Waals surface area contributed by atoms with E-state index >= 15 is 0 Å². The van der Waals surface area contributed by atoms with Gasteiger partial charge in [-0.25, -0.2) is 0 Å². The van der Waals surface area contributed by atoms with Crippen LogP contribution < -0.4 is 0 Å². The van der Waals surface area contributed by atoms with Crippen molar-refractivity contribution in [3.63, 3.8) is 0 Å². The van der Waals surface area contributed by atoms with Crippen molar-refractivity contribution in [3.8, 4) is 11.1 Å². The number of aliphatic hydroxyl groups excluding tert-OH is 1. The monoisotopic (exact) mass is 502 g/mol. The molecule has 0 spiro atoms. The third-order valence-electron chi connectivity index (χ3n) is 6.42. The summed E-state index contributed by atoms with van der Waals surface area (Å²) in [5.41, 5.74) is 5.38. The summed E-state index contributed by atoms with van der Waals surface area (Å²) in [7, 11) is 1.69. The predicted molar refractivity (Wildman–Crippen MR) is 142 cm³/mol. The number of nitrogens with zero attached hydrogens (tertiary/aromatic N) is 3. The Morgan fingerprint density at radius 3 is 2.92 bits per heavy atom. The van der Waals surface area contributed by atoms with E-state index in [0.717, 1.165) is 33.3 Å².